The number of aryl methyl sites for hydroxylation is 1. The van der Waals surface area contributed by atoms with E-state index in [0.717, 1.165) is 44.5 Å². The van der Waals surface area contributed by atoms with Crippen LogP contribution in [0.1, 0.15) is 30.4 Å². The molecule has 1 atom stereocenters. The van der Waals surface area contributed by atoms with Crippen molar-refractivity contribution in [1.82, 2.24) is 4.90 Å². The van der Waals surface area contributed by atoms with Crippen molar-refractivity contribution in [2.45, 2.75) is 38.7 Å². The number of hydrogen-bond acceptors (Lipinski definition) is 3. The standard InChI is InChI=1S/C19H27NO3/c1-15-5-3-4-6-16(15)11-18(21)20-9-7-19(8-10-20)12-17(13-22-2)23-14-19/h3-6,17H,7-14H2,1-2H3/t17-/m1/s1. The highest BCUT2D eigenvalue weighted by Gasteiger charge is 2.42. The second-order valence-corrected chi connectivity index (χ2v) is 7.08. The van der Waals surface area contributed by atoms with Gasteiger partial charge in [0.25, 0.3) is 0 Å². The number of benzene rings is 1. The Morgan fingerprint density at radius 3 is 2.78 bits per heavy atom. The Morgan fingerprint density at radius 1 is 1.35 bits per heavy atom. The number of piperidine rings is 1. The molecule has 2 saturated heterocycles. The van der Waals surface area contributed by atoms with Crippen molar-refractivity contribution in [3.8, 4) is 0 Å². The summed E-state index contributed by atoms with van der Waals surface area (Å²) in [6, 6.07) is 8.15. The monoisotopic (exact) mass is 317 g/mol. The Balaban J connectivity index is 1.53. The third-order valence-electron chi connectivity index (χ3n) is 5.42. The van der Waals surface area contributed by atoms with E-state index in [1.165, 1.54) is 5.56 Å². The molecule has 2 heterocycles. The quantitative estimate of drug-likeness (QED) is 0.857. The van der Waals surface area contributed by atoms with Gasteiger partial charge in [-0.25, -0.2) is 0 Å². The van der Waals surface area contributed by atoms with Gasteiger partial charge in [-0.15, -0.1) is 0 Å². The number of ether oxygens (including phenoxy) is 2. The van der Waals surface area contributed by atoms with Crippen molar-refractivity contribution in [1.29, 1.82) is 0 Å². The first-order valence-corrected chi connectivity index (χ1v) is 8.55. The van der Waals surface area contributed by atoms with Crippen LogP contribution in [0.3, 0.4) is 0 Å². The molecule has 2 aliphatic heterocycles. The minimum absolute atomic E-state index is 0.231. The molecule has 1 aromatic rings. The molecule has 3 rings (SSSR count). The molecular weight excluding hydrogens is 290 g/mol. The third-order valence-corrected chi connectivity index (χ3v) is 5.42. The van der Waals surface area contributed by atoms with Gasteiger partial charge in [0.1, 0.15) is 0 Å². The van der Waals surface area contributed by atoms with Gasteiger partial charge in [0.15, 0.2) is 0 Å². The first kappa shape index (κ1) is 16.5. The van der Waals surface area contributed by atoms with E-state index in [-0.39, 0.29) is 17.4 Å². The normalized spacial score (nSPS) is 23.4. The van der Waals surface area contributed by atoms with Crippen molar-refractivity contribution in [3.05, 3.63) is 35.4 Å². The fraction of sp³-hybridized carbons (Fsp3) is 0.632. The number of rotatable bonds is 4. The van der Waals surface area contributed by atoms with Gasteiger partial charge >= 0.3 is 0 Å². The predicted molar refractivity (Wildman–Crippen MR) is 89.4 cm³/mol. The van der Waals surface area contributed by atoms with E-state index in [0.29, 0.717) is 13.0 Å². The average molecular weight is 317 g/mol. The lowest BCUT2D eigenvalue weighted by molar-refractivity contribution is -0.132. The highest BCUT2D eigenvalue weighted by Crippen LogP contribution is 2.42. The average Bonchev–Trinajstić information content (AvgIpc) is 2.93. The lowest BCUT2D eigenvalue weighted by atomic mass is 9.76. The summed E-state index contributed by atoms with van der Waals surface area (Å²) in [6.07, 6.45) is 3.91. The summed E-state index contributed by atoms with van der Waals surface area (Å²) in [5.74, 6) is 0.251. The Kier molecular flexibility index (Phi) is 5.02. The summed E-state index contributed by atoms with van der Waals surface area (Å²) in [5.41, 5.74) is 2.60. The Hall–Kier alpha value is -1.39. The number of carbonyl (C=O) groups excluding carboxylic acids is 1. The van der Waals surface area contributed by atoms with E-state index in [1.807, 2.05) is 17.0 Å². The third kappa shape index (κ3) is 3.75. The van der Waals surface area contributed by atoms with E-state index < -0.39 is 0 Å². The molecule has 1 spiro atoms. The van der Waals surface area contributed by atoms with Crippen molar-refractivity contribution >= 4 is 5.91 Å². The molecule has 2 fully saturated rings. The number of likely N-dealkylation sites (tertiary alicyclic amines) is 1. The molecule has 2 aliphatic rings. The molecule has 1 amide bonds. The molecule has 1 aromatic carbocycles. The minimum atomic E-state index is 0.231. The second-order valence-electron chi connectivity index (χ2n) is 7.08. The van der Waals surface area contributed by atoms with E-state index in [1.54, 1.807) is 7.11 Å². The van der Waals surface area contributed by atoms with Gasteiger partial charge in [0, 0.05) is 20.2 Å². The van der Waals surface area contributed by atoms with Crippen LogP contribution >= 0.6 is 0 Å². The summed E-state index contributed by atoms with van der Waals surface area (Å²) in [4.78, 5) is 14.6. The molecular formula is C19H27NO3. The maximum Gasteiger partial charge on any atom is 0.226 e. The fourth-order valence-electron chi connectivity index (χ4n) is 3.85. The zero-order valence-electron chi connectivity index (χ0n) is 14.2. The van der Waals surface area contributed by atoms with Crippen molar-refractivity contribution < 1.29 is 14.3 Å². The number of methoxy groups -OCH3 is 1. The van der Waals surface area contributed by atoms with Gasteiger partial charge in [0.05, 0.1) is 25.7 Å². The van der Waals surface area contributed by atoms with Gasteiger partial charge < -0.3 is 14.4 Å². The summed E-state index contributed by atoms with van der Waals surface area (Å²) < 4.78 is 11.1. The molecule has 4 heteroatoms. The van der Waals surface area contributed by atoms with Gasteiger partial charge in [-0.2, -0.15) is 0 Å². The molecule has 4 nitrogen and oxygen atoms in total. The second kappa shape index (κ2) is 7.02. The van der Waals surface area contributed by atoms with E-state index in [9.17, 15) is 4.79 Å². The minimum Gasteiger partial charge on any atom is -0.382 e. The molecule has 0 N–H and O–H groups in total. The molecule has 0 saturated carbocycles. The van der Waals surface area contributed by atoms with Crippen molar-refractivity contribution in [3.63, 3.8) is 0 Å². The van der Waals surface area contributed by atoms with Gasteiger partial charge in [-0.05, 0) is 42.7 Å². The number of amides is 1. The molecule has 0 radical (unpaired) electrons. The molecule has 0 aromatic heterocycles. The van der Waals surface area contributed by atoms with Crippen molar-refractivity contribution in [2.75, 3.05) is 33.4 Å². The number of carbonyl (C=O) groups is 1. The number of nitrogens with zero attached hydrogens (tertiary/aromatic N) is 1. The van der Waals surface area contributed by atoms with Gasteiger partial charge in [0.2, 0.25) is 5.91 Å². The highest BCUT2D eigenvalue weighted by atomic mass is 16.5. The summed E-state index contributed by atoms with van der Waals surface area (Å²) >= 11 is 0. The van der Waals surface area contributed by atoms with Crippen molar-refractivity contribution in [2.24, 2.45) is 5.41 Å². The zero-order valence-corrected chi connectivity index (χ0v) is 14.2. The SMILES string of the molecule is COC[C@H]1CC2(CCN(C(=O)Cc3ccccc3C)CC2)CO1. The fourth-order valence-corrected chi connectivity index (χ4v) is 3.85. The summed E-state index contributed by atoms with van der Waals surface area (Å²) in [6.45, 7) is 5.28. The first-order valence-electron chi connectivity index (χ1n) is 8.55. The first-order chi connectivity index (χ1) is 11.1. The van der Waals surface area contributed by atoms with E-state index in [2.05, 4.69) is 19.1 Å². The maximum absolute atomic E-state index is 12.6. The highest BCUT2D eigenvalue weighted by molar-refractivity contribution is 5.79. The Bertz CT molecular complexity index is 549. The Morgan fingerprint density at radius 2 is 2.09 bits per heavy atom. The van der Waals surface area contributed by atoms with Crippen LogP contribution in [0, 0.1) is 12.3 Å². The van der Waals surface area contributed by atoms with Crippen LogP contribution in [-0.2, 0) is 20.7 Å². The van der Waals surface area contributed by atoms with E-state index in [4.69, 9.17) is 9.47 Å². The molecule has 0 unspecified atom stereocenters. The van der Waals surface area contributed by atoms with Crippen LogP contribution in [-0.4, -0.2) is 50.3 Å². The summed E-state index contributed by atoms with van der Waals surface area (Å²) in [7, 11) is 1.72. The largest absolute Gasteiger partial charge is 0.382 e. The lowest BCUT2D eigenvalue weighted by Gasteiger charge is -2.38. The molecule has 126 valence electrons. The number of hydrogen-bond donors (Lipinski definition) is 0. The van der Waals surface area contributed by atoms with Crippen LogP contribution in [0.4, 0.5) is 0 Å². The maximum atomic E-state index is 12.6. The smallest absolute Gasteiger partial charge is 0.226 e. The Labute approximate surface area is 138 Å². The zero-order chi connectivity index (χ0) is 16.3. The van der Waals surface area contributed by atoms with Crippen LogP contribution in [0.5, 0.6) is 0 Å². The topological polar surface area (TPSA) is 38.8 Å². The van der Waals surface area contributed by atoms with Crippen LogP contribution in [0.15, 0.2) is 24.3 Å². The molecule has 0 bridgehead atoms. The van der Waals surface area contributed by atoms with Crippen LogP contribution in [0.2, 0.25) is 0 Å². The predicted octanol–water partition coefficient (Wildman–Crippen LogP) is 2.58. The molecule has 0 aliphatic carbocycles. The van der Waals surface area contributed by atoms with Gasteiger partial charge in [-0.1, -0.05) is 24.3 Å². The molecule has 23 heavy (non-hydrogen) atoms. The van der Waals surface area contributed by atoms with Gasteiger partial charge in [-0.3, -0.25) is 4.79 Å². The van der Waals surface area contributed by atoms with E-state index >= 15 is 0 Å². The lowest BCUT2D eigenvalue weighted by Crippen LogP contribution is -2.44. The van der Waals surface area contributed by atoms with Crippen LogP contribution < -0.4 is 0 Å². The van der Waals surface area contributed by atoms with Crippen LogP contribution in [0.25, 0.3) is 0 Å². The summed E-state index contributed by atoms with van der Waals surface area (Å²) in [5, 5.41) is 0.